The number of hydrogen-bond acceptors (Lipinski definition) is 7. The molecule has 0 saturated carbocycles. The molecule has 8 nitrogen and oxygen atoms in total. The summed E-state index contributed by atoms with van der Waals surface area (Å²) in [6, 6.07) is 9.57. The number of hydrogen-bond donors (Lipinski definition) is 1. The Morgan fingerprint density at radius 3 is 2.53 bits per heavy atom. The van der Waals surface area contributed by atoms with Crippen LogP contribution in [0.2, 0.25) is 0 Å². The zero-order valence-corrected chi connectivity index (χ0v) is 16.5. The van der Waals surface area contributed by atoms with Gasteiger partial charge in [-0.1, -0.05) is 12.2 Å². The first-order chi connectivity index (χ1) is 14.3. The Balaban J connectivity index is 1.76. The summed E-state index contributed by atoms with van der Waals surface area (Å²) in [5, 5.41) is 14.7. The van der Waals surface area contributed by atoms with Crippen LogP contribution in [-0.4, -0.2) is 16.9 Å². The normalized spacial score (nSPS) is 21.2. The number of benzene rings is 2. The SMILES string of the molecule is CC(=O)Oc1ccc([C@@H]2Nc3ccc([N+](=O)[O-])cc3[C@H]3C=CC[C@@H]32)c(OC(C)=O)c1. The maximum atomic E-state index is 11.7. The highest BCUT2D eigenvalue weighted by Crippen LogP contribution is 2.52. The maximum absolute atomic E-state index is 11.7. The standard InChI is InChI=1S/C22H20N2O6/c1-12(25)29-15-7-8-18(21(11-15)30-13(2)26)22-17-5-3-4-16(17)19-10-14(24(27)28)6-9-20(19)23-22/h3-4,6-11,16-17,22-23H,5H2,1-2H3/t16-,17-,22+/m0/s1. The zero-order chi connectivity index (χ0) is 21.4. The van der Waals surface area contributed by atoms with Crippen LogP contribution in [-0.2, 0) is 9.59 Å². The topological polar surface area (TPSA) is 108 Å². The second-order valence-electron chi connectivity index (χ2n) is 7.39. The van der Waals surface area contributed by atoms with Gasteiger partial charge in [0.05, 0.1) is 11.0 Å². The summed E-state index contributed by atoms with van der Waals surface area (Å²) in [4.78, 5) is 33.8. The van der Waals surface area contributed by atoms with Gasteiger partial charge in [-0.2, -0.15) is 0 Å². The molecule has 0 radical (unpaired) electrons. The number of esters is 2. The van der Waals surface area contributed by atoms with Crippen LogP contribution >= 0.6 is 0 Å². The molecule has 0 spiro atoms. The first kappa shape index (κ1) is 19.6. The molecule has 1 heterocycles. The molecule has 0 saturated heterocycles. The van der Waals surface area contributed by atoms with Gasteiger partial charge in [0.2, 0.25) is 0 Å². The van der Waals surface area contributed by atoms with Crippen molar-refractivity contribution in [1.29, 1.82) is 0 Å². The van der Waals surface area contributed by atoms with Gasteiger partial charge in [0, 0.05) is 49.2 Å². The van der Waals surface area contributed by atoms with E-state index in [-0.39, 0.29) is 29.3 Å². The number of nitro groups is 1. The molecule has 4 rings (SSSR count). The fourth-order valence-corrected chi connectivity index (χ4v) is 4.25. The summed E-state index contributed by atoms with van der Waals surface area (Å²) >= 11 is 0. The monoisotopic (exact) mass is 408 g/mol. The van der Waals surface area contributed by atoms with Crippen molar-refractivity contribution in [2.75, 3.05) is 5.32 Å². The van der Waals surface area contributed by atoms with Crippen molar-refractivity contribution in [3.63, 3.8) is 0 Å². The smallest absolute Gasteiger partial charge is 0.308 e. The second-order valence-corrected chi connectivity index (χ2v) is 7.39. The van der Waals surface area contributed by atoms with Gasteiger partial charge in [0.15, 0.2) is 0 Å². The molecule has 1 aliphatic heterocycles. The third-order valence-corrected chi connectivity index (χ3v) is 5.39. The number of anilines is 1. The van der Waals surface area contributed by atoms with Crippen LogP contribution in [0.5, 0.6) is 11.5 Å². The third-order valence-electron chi connectivity index (χ3n) is 5.39. The molecule has 2 aromatic carbocycles. The van der Waals surface area contributed by atoms with E-state index in [4.69, 9.17) is 9.47 Å². The lowest BCUT2D eigenvalue weighted by Crippen LogP contribution is -2.29. The number of ether oxygens (including phenoxy) is 2. The molecule has 0 aromatic heterocycles. The second kappa shape index (κ2) is 7.62. The molecule has 0 fully saturated rings. The number of rotatable bonds is 4. The Bertz CT molecular complexity index is 1080. The van der Waals surface area contributed by atoms with Gasteiger partial charge in [0.25, 0.3) is 5.69 Å². The number of allylic oxidation sites excluding steroid dienone is 2. The Hall–Kier alpha value is -3.68. The van der Waals surface area contributed by atoms with Crippen molar-refractivity contribution in [2.24, 2.45) is 5.92 Å². The molecule has 154 valence electrons. The predicted octanol–water partition coefficient (Wildman–Crippen LogP) is 4.27. The molecule has 3 atom stereocenters. The minimum absolute atomic E-state index is 0.00414. The lowest BCUT2D eigenvalue weighted by molar-refractivity contribution is -0.384. The van der Waals surface area contributed by atoms with Crippen LogP contribution in [0.1, 0.15) is 43.4 Å². The number of nitrogens with one attached hydrogen (secondary N) is 1. The summed E-state index contributed by atoms with van der Waals surface area (Å²) in [5.74, 6) is -0.255. The highest BCUT2D eigenvalue weighted by Gasteiger charge is 2.40. The van der Waals surface area contributed by atoms with E-state index in [1.807, 2.05) is 0 Å². The summed E-state index contributed by atoms with van der Waals surface area (Å²) in [6.45, 7) is 2.61. The first-order valence-electron chi connectivity index (χ1n) is 9.56. The van der Waals surface area contributed by atoms with Crippen molar-refractivity contribution in [3.05, 3.63) is 69.8 Å². The maximum Gasteiger partial charge on any atom is 0.308 e. The summed E-state index contributed by atoms with van der Waals surface area (Å²) in [6.07, 6.45) is 4.91. The molecule has 1 aliphatic carbocycles. The third kappa shape index (κ3) is 3.63. The number of carbonyl (C=O) groups is 2. The summed E-state index contributed by atoms with van der Waals surface area (Å²) < 4.78 is 10.6. The number of carbonyl (C=O) groups excluding carboxylic acids is 2. The number of nitro benzene ring substituents is 1. The first-order valence-corrected chi connectivity index (χ1v) is 9.56. The molecule has 2 aliphatic rings. The summed E-state index contributed by atoms with van der Waals surface area (Å²) in [7, 11) is 0. The average molecular weight is 408 g/mol. The van der Waals surface area contributed by atoms with Gasteiger partial charge in [-0.25, -0.2) is 0 Å². The Morgan fingerprint density at radius 1 is 1.07 bits per heavy atom. The molecule has 2 aromatic rings. The molecule has 30 heavy (non-hydrogen) atoms. The molecule has 1 N–H and O–H groups in total. The van der Waals surface area contributed by atoms with E-state index in [0.717, 1.165) is 23.2 Å². The van der Waals surface area contributed by atoms with Crippen LogP contribution in [0.15, 0.2) is 48.6 Å². The number of non-ortho nitro benzene ring substituents is 1. The Kier molecular flexibility index (Phi) is 4.99. The van der Waals surface area contributed by atoms with Crippen molar-refractivity contribution < 1.29 is 24.0 Å². The molecular weight excluding hydrogens is 388 g/mol. The molecule has 8 heteroatoms. The van der Waals surface area contributed by atoms with Gasteiger partial charge in [-0.05, 0) is 36.1 Å². The minimum Gasteiger partial charge on any atom is -0.427 e. The summed E-state index contributed by atoms with van der Waals surface area (Å²) in [5.41, 5.74) is 2.49. The van der Waals surface area contributed by atoms with Gasteiger partial charge < -0.3 is 14.8 Å². The van der Waals surface area contributed by atoms with Crippen LogP contribution in [0, 0.1) is 16.0 Å². The van der Waals surface area contributed by atoms with Crippen LogP contribution in [0.3, 0.4) is 0 Å². The molecule has 0 bridgehead atoms. The number of nitrogens with zero attached hydrogens (tertiary/aromatic N) is 1. The highest BCUT2D eigenvalue weighted by atomic mass is 16.6. The van der Waals surface area contributed by atoms with Crippen LogP contribution < -0.4 is 14.8 Å². The van der Waals surface area contributed by atoms with Crippen molar-refractivity contribution >= 4 is 23.3 Å². The quantitative estimate of drug-likeness (QED) is 0.265. The van der Waals surface area contributed by atoms with Gasteiger partial charge >= 0.3 is 11.9 Å². The molecule has 0 unspecified atom stereocenters. The lowest BCUT2D eigenvalue weighted by Gasteiger charge is -2.37. The fraction of sp³-hybridized carbons (Fsp3) is 0.273. The van der Waals surface area contributed by atoms with Crippen molar-refractivity contribution in [2.45, 2.75) is 32.2 Å². The van der Waals surface area contributed by atoms with Gasteiger partial charge in [0.1, 0.15) is 11.5 Å². The minimum atomic E-state index is -0.482. The largest absolute Gasteiger partial charge is 0.427 e. The van der Waals surface area contributed by atoms with Crippen molar-refractivity contribution in [1.82, 2.24) is 0 Å². The Morgan fingerprint density at radius 2 is 1.83 bits per heavy atom. The fourth-order valence-electron chi connectivity index (χ4n) is 4.25. The van der Waals surface area contributed by atoms with Gasteiger partial charge in [-0.3, -0.25) is 19.7 Å². The van der Waals surface area contributed by atoms with E-state index < -0.39 is 16.9 Å². The van der Waals surface area contributed by atoms with E-state index in [1.165, 1.54) is 26.0 Å². The van der Waals surface area contributed by atoms with Crippen LogP contribution in [0.4, 0.5) is 11.4 Å². The number of fused-ring (bicyclic) bond motifs is 3. The van der Waals surface area contributed by atoms with Crippen molar-refractivity contribution in [3.8, 4) is 11.5 Å². The Labute approximate surface area is 172 Å². The van der Waals surface area contributed by atoms with Crippen LogP contribution in [0.25, 0.3) is 0 Å². The average Bonchev–Trinajstić information content (AvgIpc) is 3.16. The highest BCUT2D eigenvalue weighted by molar-refractivity contribution is 5.72. The van der Waals surface area contributed by atoms with E-state index in [2.05, 4.69) is 17.5 Å². The zero-order valence-electron chi connectivity index (χ0n) is 16.5. The van der Waals surface area contributed by atoms with E-state index in [0.29, 0.717) is 5.75 Å². The predicted molar refractivity (Wildman–Crippen MR) is 109 cm³/mol. The van der Waals surface area contributed by atoms with E-state index in [1.54, 1.807) is 24.3 Å². The van der Waals surface area contributed by atoms with E-state index >= 15 is 0 Å². The molecule has 0 amide bonds. The molecular formula is C22H20N2O6. The van der Waals surface area contributed by atoms with Gasteiger partial charge in [-0.15, -0.1) is 0 Å². The van der Waals surface area contributed by atoms with E-state index in [9.17, 15) is 19.7 Å². The lowest BCUT2D eigenvalue weighted by atomic mass is 9.76.